The number of nitro groups is 1. The van der Waals surface area contributed by atoms with E-state index in [9.17, 15) is 14.9 Å². The fourth-order valence-electron chi connectivity index (χ4n) is 2.54. The number of furan rings is 1. The minimum Gasteiger partial charge on any atom is -0.489 e. The van der Waals surface area contributed by atoms with Crippen LogP contribution in [0.5, 0.6) is 5.75 Å². The van der Waals surface area contributed by atoms with Gasteiger partial charge in [-0.25, -0.2) is 0 Å². The van der Waals surface area contributed by atoms with Gasteiger partial charge in [-0.05, 0) is 43.5 Å². The van der Waals surface area contributed by atoms with Crippen LogP contribution in [0.2, 0.25) is 0 Å². The number of ether oxygens (including phenoxy) is 2. The summed E-state index contributed by atoms with van der Waals surface area (Å²) in [5, 5.41) is 13.3. The normalized spacial score (nSPS) is 16.6. The first-order valence-electron chi connectivity index (χ1n) is 7.93. The maximum Gasteiger partial charge on any atom is 0.433 e. The molecule has 1 fully saturated rings. The molecule has 1 saturated heterocycles. The van der Waals surface area contributed by atoms with E-state index in [1.54, 1.807) is 6.07 Å². The highest BCUT2D eigenvalue weighted by molar-refractivity contribution is 6.03. The third-order valence-electron chi connectivity index (χ3n) is 3.83. The van der Waals surface area contributed by atoms with Crippen molar-refractivity contribution in [2.24, 2.45) is 0 Å². The summed E-state index contributed by atoms with van der Waals surface area (Å²) in [4.78, 5) is 22.2. The van der Waals surface area contributed by atoms with Gasteiger partial charge in [0, 0.05) is 6.61 Å². The van der Waals surface area contributed by atoms with Gasteiger partial charge < -0.3 is 19.2 Å². The molecule has 2 heterocycles. The van der Waals surface area contributed by atoms with Crippen molar-refractivity contribution in [3.8, 4) is 5.75 Å². The smallest absolute Gasteiger partial charge is 0.433 e. The number of amides is 1. The predicted molar refractivity (Wildman–Crippen MR) is 89.0 cm³/mol. The Kier molecular flexibility index (Phi) is 4.99. The van der Waals surface area contributed by atoms with Crippen molar-refractivity contribution in [3.05, 3.63) is 51.8 Å². The van der Waals surface area contributed by atoms with E-state index < -0.39 is 16.7 Å². The van der Waals surface area contributed by atoms with E-state index in [1.165, 1.54) is 6.07 Å². The summed E-state index contributed by atoms with van der Waals surface area (Å²) in [6.45, 7) is 3.06. The second-order valence-corrected chi connectivity index (χ2v) is 5.79. The first kappa shape index (κ1) is 17.0. The number of anilines is 1. The molecule has 1 aromatic heterocycles. The van der Waals surface area contributed by atoms with Crippen molar-refractivity contribution in [2.75, 3.05) is 18.5 Å². The van der Waals surface area contributed by atoms with Gasteiger partial charge >= 0.3 is 5.88 Å². The Morgan fingerprint density at radius 2 is 2.24 bits per heavy atom. The van der Waals surface area contributed by atoms with Gasteiger partial charge in [-0.1, -0.05) is 6.07 Å². The fourth-order valence-corrected chi connectivity index (χ4v) is 2.54. The molecule has 0 saturated carbocycles. The largest absolute Gasteiger partial charge is 0.489 e. The maximum atomic E-state index is 12.2. The van der Waals surface area contributed by atoms with Crippen LogP contribution in [-0.2, 0) is 4.74 Å². The number of nitrogens with one attached hydrogen (secondary N) is 1. The molecule has 0 unspecified atom stereocenters. The summed E-state index contributed by atoms with van der Waals surface area (Å²) in [6, 6.07) is 7.76. The van der Waals surface area contributed by atoms with E-state index in [0.29, 0.717) is 18.0 Å². The van der Waals surface area contributed by atoms with Gasteiger partial charge in [0.2, 0.25) is 0 Å². The molecular weight excluding hydrogens is 328 g/mol. The molecule has 25 heavy (non-hydrogen) atoms. The summed E-state index contributed by atoms with van der Waals surface area (Å²) < 4.78 is 16.2. The lowest BCUT2D eigenvalue weighted by Crippen LogP contribution is -2.18. The molecule has 1 amide bonds. The van der Waals surface area contributed by atoms with Crippen LogP contribution in [0.25, 0.3) is 0 Å². The molecule has 0 radical (unpaired) electrons. The average Bonchev–Trinajstić information content (AvgIpc) is 3.26. The molecule has 8 heteroatoms. The number of carbonyl (C=O) groups is 1. The lowest BCUT2D eigenvalue weighted by molar-refractivity contribution is -0.402. The lowest BCUT2D eigenvalue weighted by Gasteiger charge is -2.15. The van der Waals surface area contributed by atoms with Gasteiger partial charge in [0.1, 0.15) is 17.3 Å². The zero-order valence-corrected chi connectivity index (χ0v) is 13.7. The summed E-state index contributed by atoms with van der Waals surface area (Å²) in [7, 11) is 0. The lowest BCUT2D eigenvalue weighted by atomic mass is 10.2. The van der Waals surface area contributed by atoms with Gasteiger partial charge in [0.25, 0.3) is 5.91 Å². The Labute approximate surface area is 143 Å². The molecule has 3 rings (SSSR count). The number of nitrogens with zero attached hydrogens (tertiary/aromatic N) is 1. The van der Waals surface area contributed by atoms with Crippen molar-refractivity contribution < 1.29 is 23.6 Å². The van der Waals surface area contributed by atoms with Crippen molar-refractivity contribution in [1.82, 2.24) is 0 Å². The van der Waals surface area contributed by atoms with Crippen LogP contribution >= 0.6 is 0 Å². The zero-order valence-electron chi connectivity index (χ0n) is 13.7. The third-order valence-corrected chi connectivity index (χ3v) is 3.83. The van der Waals surface area contributed by atoms with Crippen molar-refractivity contribution in [1.29, 1.82) is 0 Å². The molecule has 1 atom stereocenters. The molecule has 132 valence electrons. The molecule has 1 aliphatic heterocycles. The highest BCUT2D eigenvalue weighted by Gasteiger charge is 2.20. The third kappa shape index (κ3) is 4.16. The number of benzene rings is 1. The van der Waals surface area contributed by atoms with E-state index in [2.05, 4.69) is 5.32 Å². The van der Waals surface area contributed by atoms with E-state index in [1.807, 2.05) is 19.1 Å². The van der Waals surface area contributed by atoms with E-state index in [0.717, 1.165) is 31.1 Å². The molecule has 0 bridgehead atoms. The Hall–Kier alpha value is -2.87. The fraction of sp³-hybridized carbons (Fsp3) is 0.353. The summed E-state index contributed by atoms with van der Waals surface area (Å²) >= 11 is 0. The second-order valence-electron chi connectivity index (χ2n) is 5.79. The van der Waals surface area contributed by atoms with Gasteiger partial charge in [0.05, 0.1) is 17.9 Å². The van der Waals surface area contributed by atoms with Crippen LogP contribution < -0.4 is 10.1 Å². The molecule has 0 spiro atoms. The van der Waals surface area contributed by atoms with E-state index in [4.69, 9.17) is 13.9 Å². The molecular formula is C17H18N2O6. The van der Waals surface area contributed by atoms with Crippen molar-refractivity contribution >= 4 is 17.5 Å². The molecule has 2 aromatic rings. The van der Waals surface area contributed by atoms with E-state index >= 15 is 0 Å². The first-order valence-corrected chi connectivity index (χ1v) is 7.93. The van der Waals surface area contributed by atoms with Crippen molar-refractivity contribution in [2.45, 2.75) is 25.9 Å². The minimum atomic E-state index is -0.696. The highest BCUT2D eigenvalue weighted by Crippen LogP contribution is 2.28. The Bertz CT molecular complexity index is 779. The van der Waals surface area contributed by atoms with Gasteiger partial charge in [-0.3, -0.25) is 14.9 Å². The summed E-state index contributed by atoms with van der Waals surface area (Å²) in [5.41, 5.74) is 1.45. The second kappa shape index (κ2) is 7.35. The topological polar surface area (TPSA) is 104 Å². The number of hydrogen-bond acceptors (Lipinski definition) is 6. The quantitative estimate of drug-likeness (QED) is 0.636. The van der Waals surface area contributed by atoms with Gasteiger partial charge in [-0.15, -0.1) is 0 Å². The number of rotatable bonds is 6. The van der Waals surface area contributed by atoms with Crippen LogP contribution in [0.3, 0.4) is 0 Å². The monoisotopic (exact) mass is 346 g/mol. The SMILES string of the molecule is Cc1ccc(NC(=O)c2ccc([N+](=O)[O-])o2)c(OC[C@H]2CCCO2)c1. The van der Waals surface area contributed by atoms with Crippen LogP contribution in [0.1, 0.15) is 29.0 Å². The molecule has 1 aliphatic rings. The maximum absolute atomic E-state index is 12.2. The number of aryl methyl sites for hydroxylation is 1. The Morgan fingerprint density at radius 1 is 1.40 bits per heavy atom. The Morgan fingerprint density at radius 3 is 2.92 bits per heavy atom. The summed E-state index contributed by atoms with van der Waals surface area (Å²) in [5.74, 6) is -0.690. The molecule has 8 nitrogen and oxygen atoms in total. The van der Waals surface area contributed by atoms with E-state index in [-0.39, 0.29) is 11.9 Å². The number of hydrogen-bond donors (Lipinski definition) is 1. The van der Waals surface area contributed by atoms with Crippen LogP contribution in [0.4, 0.5) is 11.6 Å². The van der Waals surface area contributed by atoms with Gasteiger partial charge in [-0.2, -0.15) is 0 Å². The van der Waals surface area contributed by atoms with Crippen LogP contribution in [-0.4, -0.2) is 30.1 Å². The Balaban J connectivity index is 1.71. The molecule has 1 N–H and O–H groups in total. The molecule has 0 aliphatic carbocycles. The van der Waals surface area contributed by atoms with Gasteiger partial charge in [0.15, 0.2) is 5.76 Å². The van der Waals surface area contributed by atoms with Crippen LogP contribution in [0.15, 0.2) is 34.7 Å². The average molecular weight is 346 g/mol. The first-order chi connectivity index (χ1) is 12.0. The minimum absolute atomic E-state index is 0.0526. The highest BCUT2D eigenvalue weighted by atomic mass is 16.6. The standard InChI is InChI=1S/C17H18N2O6/c1-11-4-5-13(15(9-11)24-10-12-3-2-8-23-12)18-17(20)14-6-7-16(25-14)19(21)22/h4-7,9,12H,2-3,8,10H2,1H3,(H,18,20)/t12-/m1/s1. The number of carbonyl (C=O) groups excluding carboxylic acids is 1. The summed E-state index contributed by atoms with van der Waals surface area (Å²) in [6.07, 6.45) is 2.02. The molecule has 1 aromatic carbocycles. The van der Waals surface area contributed by atoms with Crippen molar-refractivity contribution in [3.63, 3.8) is 0 Å². The van der Waals surface area contributed by atoms with Crippen LogP contribution in [0, 0.1) is 17.0 Å². The zero-order chi connectivity index (χ0) is 17.8. The predicted octanol–water partition coefficient (Wildman–Crippen LogP) is 3.31.